The Kier molecular flexibility index (Phi) is 3.47. The molecule has 34 heavy (non-hydrogen) atoms. The Morgan fingerprint density at radius 3 is 1.79 bits per heavy atom. The Hall–Kier alpha value is -4.16. The fourth-order valence-electron chi connectivity index (χ4n) is 6.88. The molecular weight excluding hydrogens is 408 g/mol. The van der Waals surface area contributed by atoms with Crippen LogP contribution in [0, 0.1) is 0 Å². The van der Waals surface area contributed by atoms with Gasteiger partial charge < -0.3 is 0 Å². The van der Waals surface area contributed by atoms with Gasteiger partial charge in [0.15, 0.2) is 0 Å². The normalized spacial score (nSPS) is 15.6. The summed E-state index contributed by atoms with van der Waals surface area (Å²) in [6, 6.07) is 45.2. The standard InChI is InChI=1S/C34H22/c1-2-10-22(11-3-1)23-18-19-28-29-20-24-12-4-5-13-25(24)33(29)34(32(28)21-23)30-16-8-6-14-26(30)27-15-7-9-17-31(27)34/h1-19,21H,20H2. The molecule has 0 radical (unpaired) electrons. The molecule has 0 amide bonds. The van der Waals surface area contributed by atoms with Gasteiger partial charge >= 0.3 is 0 Å². The highest BCUT2D eigenvalue weighted by Gasteiger charge is 2.54. The monoisotopic (exact) mass is 430 g/mol. The minimum Gasteiger partial charge on any atom is -0.0622 e. The highest BCUT2D eigenvalue weighted by Crippen LogP contribution is 2.66. The van der Waals surface area contributed by atoms with Gasteiger partial charge in [-0.1, -0.05) is 115 Å². The van der Waals surface area contributed by atoms with Gasteiger partial charge in [0.05, 0.1) is 5.41 Å². The van der Waals surface area contributed by atoms with Gasteiger partial charge in [-0.05, 0) is 79.3 Å². The predicted octanol–water partition coefficient (Wildman–Crippen LogP) is 8.15. The molecule has 0 heterocycles. The van der Waals surface area contributed by atoms with Crippen molar-refractivity contribution >= 4 is 11.1 Å². The first kappa shape index (κ1) is 18.3. The molecule has 0 aromatic heterocycles. The van der Waals surface area contributed by atoms with Crippen LogP contribution >= 0.6 is 0 Å². The van der Waals surface area contributed by atoms with Gasteiger partial charge in [-0.3, -0.25) is 0 Å². The molecule has 0 unspecified atom stereocenters. The quantitative estimate of drug-likeness (QED) is 0.252. The second-order valence-corrected chi connectivity index (χ2v) is 9.66. The second kappa shape index (κ2) is 6.46. The van der Waals surface area contributed by atoms with Crippen LogP contribution in [0.25, 0.3) is 33.4 Å². The summed E-state index contributed by atoms with van der Waals surface area (Å²) in [4.78, 5) is 0. The van der Waals surface area contributed by atoms with Gasteiger partial charge in [-0.25, -0.2) is 0 Å². The lowest BCUT2D eigenvalue weighted by atomic mass is 9.67. The number of hydrogen-bond donors (Lipinski definition) is 0. The lowest BCUT2D eigenvalue weighted by Gasteiger charge is -2.33. The van der Waals surface area contributed by atoms with Gasteiger partial charge in [-0.2, -0.15) is 0 Å². The van der Waals surface area contributed by atoms with Crippen molar-refractivity contribution in [3.8, 4) is 22.3 Å². The number of fused-ring (bicyclic) bond motifs is 11. The number of hydrogen-bond acceptors (Lipinski definition) is 0. The van der Waals surface area contributed by atoms with Crippen molar-refractivity contribution < 1.29 is 0 Å². The zero-order valence-corrected chi connectivity index (χ0v) is 18.8. The maximum absolute atomic E-state index is 2.48. The van der Waals surface area contributed by atoms with Crippen LogP contribution < -0.4 is 0 Å². The Morgan fingerprint density at radius 2 is 1.06 bits per heavy atom. The summed E-state index contributed by atoms with van der Waals surface area (Å²) in [5.41, 5.74) is 16.6. The molecule has 0 nitrogen and oxygen atoms in total. The minimum absolute atomic E-state index is 0.269. The summed E-state index contributed by atoms with van der Waals surface area (Å²) in [5, 5.41) is 0. The van der Waals surface area contributed by atoms with Gasteiger partial charge in [0.25, 0.3) is 0 Å². The summed E-state index contributed by atoms with van der Waals surface area (Å²) >= 11 is 0. The predicted molar refractivity (Wildman–Crippen MR) is 141 cm³/mol. The smallest absolute Gasteiger partial charge is 0.0622 e. The van der Waals surface area contributed by atoms with E-state index in [4.69, 9.17) is 0 Å². The van der Waals surface area contributed by atoms with Crippen LogP contribution in [0.4, 0.5) is 0 Å². The summed E-state index contributed by atoms with van der Waals surface area (Å²) in [7, 11) is 0. The fourth-order valence-corrected chi connectivity index (χ4v) is 6.88. The van der Waals surface area contributed by atoms with Gasteiger partial charge in [0.1, 0.15) is 0 Å². The van der Waals surface area contributed by atoms with Gasteiger partial charge in [-0.15, -0.1) is 0 Å². The molecule has 0 saturated heterocycles. The number of benzene rings is 5. The van der Waals surface area contributed by atoms with Crippen molar-refractivity contribution in [2.24, 2.45) is 0 Å². The van der Waals surface area contributed by atoms with Crippen LogP contribution in [0.3, 0.4) is 0 Å². The van der Waals surface area contributed by atoms with E-state index < -0.39 is 0 Å². The second-order valence-electron chi connectivity index (χ2n) is 9.66. The lowest BCUT2D eigenvalue weighted by Crippen LogP contribution is -2.26. The summed E-state index contributed by atoms with van der Waals surface area (Å²) in [5.74, 6) is 0. The van der Waals surface area contributed by atoms with Crippen molar-refractivity contribution in [1.29, 1.82) is 0 Å². The molecule has 5 aromatic carbocycles. The SMILES string of the molecule is c1ccc(-c2ccc3c(c2)C2(C4=C3Cc3ccccc34)c3ccccc3-c3ccccc32)cc1. The average molecular weight is 431 g/mol. The zero-order valence-electron chi connectivity index (χ0n) is 18.8. The maximum atomic E-state index is 2.48. The molecule has 3 aliphatic carbocycles. The van der Waals surface area contributed by atoms with Crippen LogP contribution in [0.2, 0.25) is 0 Å². The van der Waals surface area contributed by atoms with Crippen LogP contribution in [0.15, 0.2) is 121 Å². The van der Waals surface area contributed by atoms with Crippen molar-refractivity contribution in [2.45, 2.75) is 11.8 Å². The molecule has 8 rings (SSSR count). The highest BCUT2D eigenvalue weighted by atomic mass is 14.6. The van der Waals surface area contributed by atoms with Crippen LogP contribution in [0.5, 0.6) is 0 Å². The Morgan fingerprint density at radius 1 is 0.441 bits per heavy atom. The Labute approximate surface area is 199 Å². The van der Waals surface area contributed by atoms with Crippen LogP contribution in [-0.2, 0) is 11.8 Å². The van der Waals surface area contributed by atoms with Crippen LogP contribution in [-0.4, -0.2) is 0 Å². The highest BCUT2D eigenvalue weighted by molar-refractivity contribution is 6.13. The fraction of sp³-hybridized carbons (Fsp3) is 0.0588. The van der Waals surface area contributed by atoms with E-state index in [-0.39, 0.29) is 5.41 Å². The molecule has 5 aromatic rings. The van der Waals surface area contributed by atoms with Crippen molar-refractivity contribution in [2.75, 3.05) is 0 Å². The van der Waals surface area contributed by atoms with Crippen molar-refractivity contribution in [3.05, 3.63) is 155 Å². The van der Waals surface area contributed by atoms with E-state index in [1.54, 1.807) is 0 Å². The average Bonchev–Trinajstić information content (AvgIpc) is 3.52. The number of rotatable bonds is 1. The van der Waals surface area contributed by atoms with E-state index in [9.17, 15) is 0 Å². The minimum atomic E-state index is -0.269. The molecular formula is C34H22. The third-order valence-electron chi connectivity index (χ3n) is 8.14. The third kappa shape index (κ3) is 2.10. The first-order chi connectivity index (χ1) is 16.9. The largest absolute Gasteiger partial charge is 0.0728 e. The molecule has 3 aliphatic rings. The molecule has 0 N–H and O–H groups in total. The van der Waals surface area contributed by atoms with E-state index in [1.165, 1.54) is 66.8 Å². The lowest BCUT2D eigenvalue weighted by molar-refractivity contribution is 0.842. The Balaban J connectivity index is 1.53. The van der Waals surface area contributed by atoms with Crippen molar-refractivity contribution in [3.63, 3.8) is 0 Å². The summed E-state index contributed by atoms with van der Waals surface area (Å²) in [6.07, 6.45) is 1.01. The van der Waals surface area contributed by atoms with E-state index in [0.717, 1.165) is 6.42 Å². The summed E-state index contributed by atoms with van der Waals surface area (Å²) < 4.78 is 0. The Bertz CT molecular complexity index is 1620. The van der Waals surface area contributed by atoms with Crippen molar-refractivity contribution in [1.82, 2.24) is 0 Å². The molecule has 158 valence electrons. The topological polar surface area (TPSA) is 0 Å². The third-order valence-corrected chi connectivity index (χ3v) is 8.14. The van der Waals surface area contributed by atoms with E-state index in [0.29, 0.717) is 0 Å². The molecule has 1 spiro atoms. The molecule has 0 bridgehead atoms. The zero-order chi connectivity index (χ0) is 22.3. The van der Waals surface area contributed by atoms with E-state index in [2.05, 4.69) is 121 Å². The maximum Gasteiger partial charge on any atom is 0.0728 e. The summed E-state index contributed by atoms with van der Waals surface area (Å²) in [6.45, 7) is 0. The van der Waals surface area contributed by atoms with E-state index >= 15 is 0 Å². The molecule has 0 aliphatic heterocycles. The molecule has 0 fully saturated rings. The molecule has 0 saturated carbocycles. The number of allylic oxidation sites excluding steroid dienone is 2. The molecule has 0 atom stereocenters. The van der Waals surface area contributed by atoms with Gasteiger partial charge in [0, 0.05) is 0 Å². The van der Waals surface area contributed by atoms with E-state index in [1.807, 2.05) is 0 Å². The molecule has 0 heteroatoms. The first-order valence-electron chi connectivity index (χ1n) is 12.1. The van der Waals surface area contributed by atoms with Gasteiger partial charge in [0.2, 0.25) is 0 Å². The van der Waals surface area contributed by atoms with Crippen LogP contribution in [0.1, 0.15) is 33.4 Å². The first-order valence-corrected chi connectivity index (χ1v) is 12.1.